The van der Waals surface area contributed by atoms with E-state index in [9.17, 15) is 0 Å². The lowest BCUT2D eigenvalue weighted by molar-refractivity contribution is 0.549. The van der Waals surface area contributed by atoms with Gasteiger partial charge in [0.2, 0.25) is 0 Å². The predicted molar refractivity (Wildman–Crippen MR) is 88.9 cm³/mol. The zero-order valence-corrected chi connectivity index (χ0v) is 13.7. The maximum atomic E-state index is 2.46. The number of allylic oxidation sites excluding steroid dienone is 4. The smallest absolute Gasteiger partial charge is 0.00192 e. The fourth-order valence-electron chi connectivity index (χ4n) is 3.31. The number of rotatable bonds is 5. The Morgan fingerprint density at radius 1 is 1.05 bits per heavy atom. The van der Waals surface area contributed by atoms with Crippen LogP contribution in [0.4, 0.5) is 0 Å². The minimum Gasteiger partial charge on any atom is -0.0648 e. The summed E-state index contributed by atoms with van der Waals surface area (Å²) in [4.78, 5) is 0. The van der Waals surface area contributed by atoms with E-state index in [2.05, 4.69) is 65.0 Å². The van der Waals surface area contributed by atoms with Gasteiger partial charge >= 0.3 is 0 Å². The van der Waals surface area contributed by atoms with Crippen molar-refractivity contribution >= 4 is 0 Å². The van der Waals surface area contributed by atoms with Crippen molar-refractivity contribution in [2.24, 2.45) is 11.8 Å². The van der Waals surface area contributed by atoms with Gasteiger partial charge in [0, 0.05) is 5.92 Å². The molecule has 0 N–H and O–H groups in total. The summed E-state index contributed by atoms with van der Waals surface area (Å²) in [6.45, 7) is 11.4. The van der Waals surface area contributed by atoms with E-state index in [1.165, 1.54) is 29.5 Å². The third kappa shape index (κ3) is 3.06. The number of hydrogen-bond acceptors (Lipinski definition) is 0. The summed E-state index contributed by atoms with van der Waals surface area (Å²) in [5, 5.41) is 0. The molecule has 1 unspecified atom stereocenters. The number of hydrogen-bond donors (Lipinski definition) is 0. The lowest BCUT2D eigenvalue weighted by atomic mass is 9.82. The Morgan fingerprint density at radius 2 is 1.70 bits per heavy atom. The number of benzene rings is 1. The maximum absolute atomic E-state index is 2.46. The highest BCUT2D eigenvalue weighted by molar-refractivity contribution is 5.44. The third-order valence-electron chi connectivity index (χ3n) is 4.82. The van der Waals surface area contributed by atoms with Crippen LogP contribution in [0.15, 0.2) is 47.1 Å². The highest BCUT2D eigenvalue weighted by Gasteiger charge is 2.27. The summed E-state index contributed by atoms with van der Waals surface area (Å²) in [7, 11) is 0. The van der Waals surface area contributed by atoms with Gasteiger partial charge in [-0.3, -0.25) is 0 Å². The molecular formula is C20H28. The van der Waals surface area contributed by atoms with Crippen LogP contribution in [0.5, 0.6) is 0 Å². The molecule has 20 heavy (non-hydrogen) atoms. The molecule has 0 fully saturated rings. The van der Waals surface area contributed by atoms with Crippen LogP contribution in [0.1, 0.15) is 51.7 Å². The van der Waals surface area contributed by atoms with Gasteiger partial charge in [-0.25, -0.2) is 0 Å². The van der Waals surface area contributed by atoms with Gasteiger partial charge in [-0.05, 0) is 44.6 Å². The van der Waals surface area contributed by atoms with Crippen LogP contribution in [-0.2, 0) is 6.42 Å². The lowest BCUT2D eigenvalue weighted by Crippen LogP contribution is -2.11. The SMILES string of the molecule is CCC1C([C@@H](C)CC)=CC(C)=C1Cc1ccc(C)cc1. The van der Waals surface area contributed by atoms with Crippen molar-refractivity contribution in [3.8, 4) is 0 Å². The Balaban J connectivity index is 2.20. The summed E-state index contributed by atoms with van der Waals surface area (Å²) in [5.74, 6) is 1.39. The molecule has 0 bridgehead atoms. The molecule has 0 saturated heterocycles. The first-order chi connectivity index (χ1) is 9.56. The molecule has 2 rings (SSSR count). The molecular weight excluding hydrogens is 240 g/mol. The Labute approximate surface area is 124 Å². The average molecular weight is 268 g/mol. The van der Waals surface area contributed by atoms with Gasteiger partial charge in [0.05, 0.1) is 0 Å². The molecule has 0 nitrogen and oxygen atoms in total. The first-order valence-corrected chi connectivity index (χ1v) is 8.03. The van der Waals surface area contributed by atoms with Gasteiger partial charge in [-0.1, -0.05) is 73.4 Å². The van der Waals surface area contributed by atoms with Crippen LogP contribution >= 0.6 is 0 Å². The highest BCUT2D eigenvalue weighted by atomic mass is 14.3. The van der Waals surface area contributed by atoms with Crippen molar-refractivity contribution in [1.29, 1.82) is 0 Å². The van der Waals surface area contributed by atoms with Crippen LogP contribution in [0, 0.1) is 18.8 Å². The monoisotopic (exact) mass is 268 g/mol. The average Bonchev–Trinajstić information content (AvgIpc) is 2.77. The molecule has 0 aliphatic heterocycles. The van der Waals surface area contributed by atoms with Crippen molar-refractivity contribution in [1.82, 2.24) is 0 Å². The summed E-state index contributed by atoms with van der Waals surface area (Å²) < 4.78 is 0. The zero-order valence-electron chi connectivity index (χ0n) is 13.7. The standard InChI is InChI=1S/C20H28/c1-6-15(4)19-12-16(5)20(18(19)7-2)13-17-10-8-14(3)9-11-17/h8-12,15,18H,6-7,13H2,1-5H3/t15-,18?/m0/s1. The van der Waals surface area contributed by atoms with E-state index in [1.807, 2.05) is 0 Å². The Kier molecular flexibility index (Phi) is 4.86. The molecule has 0 spiro atoms. The molecule has 0 heteroatoms. The fourth-order valence-corrected chi connectivity index (χ4v) is 3.31. The normalized spacial score (nSPS) is 20.2. The van der Waals surface area contributed by atoms with Crippen molar-refractivity contribution in [2.45, 2.75) is 53.9 Å². The van der Waals surface area contributed by atoms with Crippen LogP contribution < -0.4 is 0 Å². The van der Waals surface area contributed by atoms with Gasteiger partial charge < -0.3 is 0 Å². The largest absolute Gasteiger partial charge is 0.0648 e. The van der Waals surface area contributed by atoms with E-state index < -0.39 is 0 Å². The first kappa shape index (κ1) is 15.1. The van der Waals surface area contributed by atoms with Gasteiger partial charge in [0.1, 0.15) is 0 Å². The van der Waals surface area contributed by atoms with Gasteiger partial charge in [0.15, 0.2) is 0 Å². The molecule has 0 radical (unpaired) electrons. The van der Waals surface area contributed by atoms with Crippen LogP contribution in [0.2, 0.25) is 0 Å². The Hall–Kier alpha value is -1.30. The second-order valence-corrected chi connectivity index (χ2v) is 6.29. The van der Waals surface area contributed by atoms with E-state index >= 15 is 0 Å². The van der Waals surface area contributed by atoms with Gasteiger partial charge in [-0.2, -0.15) is 0 Å². The van der Waals surface area contributed by atoms with Crippen molar-refractivity contribution in [3.63, 3.8) is 0 Å². The molecule has 1 aliphatic carbocycles. The van der Waals surface area contributed by atoms with Crippen LogP contribution in [0.25, 0.3) is 0 Å². The summed E-state index contributed by atoms with van der Waals surface area (Å²) in [6.07, 6.45) is 6.05. The molecule has 1 aliphatic rings. The van der Waals surface area contributed by atoms with Crippen molar-refractivity contribution < 1.29 is 0 Å². The summed E-state index contributed by atoms with van der Waals surface area (Å²) >= 11 is 0. The van der Waals surface area contributed by atoms with E-state index in [1.54, 1.807) is 11.1 Å². The Bertz CT molecular complexity index is 513. The van der Waals surface area contributed by atoms with Crippen molar-refractivity contribution in [3.05, 3.63) is 58.2 Å². The molecule has 0 aromatic heterocycles. The van der Waals surface area contributed by atoms with Crippen molar-refractivity contribution in [2.75, 3.05) is 0 Å². The molecule has 108 valence electrons. The zero-order chi connectivity index (χ0) is 14.7. The highest BCUT2D eigenvalue weighted by Crippen LogP contribution is 2.40. The van der Waals surface area contributed by atoms with E-state index in [0.29, 0.717) is 11.8 Å². The summed E-state index contributed by atoms with van der Waals surface area (Å²) in [6, 6.07) is 9.02. The fraction of sp³-hybridized carbons (Fsp3) is 0.500. The topological polar surface area (TPSA) is 0 Å². The van der Waals surface area contributed by atoms with E-state index in [-0.39, 0.29) is 0 Å². The molecule has 2 atom stereocenters. The molecule has 0 saturated carbocycles. The lowest BCUT2D eigenvalue weighted by Gasteiger charge is -2.22. The molecule has 1 aromatic carbocycles. The minimum absolute atomic E-state index is 0.672. The molecule has 0 amide bonds. The van der Waals surface area contributed by atoms with E-state index in [4.69, 9.17) is 0 Å². The minimum atomic E-state index is 0.672. The molecule has 0 heterocycles. The maximum Gasteiger partial charge on any atom is 0.00192 e. The predicted octanol–water partition coefficient (Wildman–Crippen LogP) is 5.87. The second-order valence-electron chi connectivity index (χ2n) is 6.29. The van der Waals surface area contributed by atoms with Crippen LogP contribution in [0.3, 0.4) is 0 Å². The third-order valence-corrected chi connectivity index (χ3v) is 4.82. The van der Waals surface area contributed by atoms with Gasteiger partial charge in [-0.15, -0.1) is 0 Å². The quantitative estimate of drug-likeness (QED) is 0.627. The van der Waals surface area contributed by atoms with E-state index in [0.717, 1.165) is 6.42 Å². The first-order valence-electron chi connectivity index (χ1n) is 8.03. The number of aryl methyl sites for hydroxylation is 1. The van der Waals surface area contributed by atoms with Crippen LogP contribution in [-0.4, -0.2) is 0 Å². The van der Waals surface area contributed by atoms with Gasteiger partial charge in [0.25, 0.3) is 0 Å². The molecule has 1 aromatic rings. The second kappa shape index (κ2) is 6.43. The summed E-state index contributed by atoms with van der Waals surface area (Å²) in [5.41, 5.74) is 7.60. The Morgan fingerprint density at radius 3 is 2.25 bits per heavy atom.